The number of nitrogens with zero attached hydrogens (tertiary/aromatic N) is 5. The number of piperazine rings is 1. The number of nitrogens with one attached hydrogen (secondary N) is 1. The number of hydrogen-bond donors (Lipinski definition) is 1. The van der Waals surface area contributed by atoms with E-state index < -0.39 is 0 Å². The van der Waals surface area contributed by atoms with Gasteiger partial charge in [0.1, 0.15) is 11.5 Å². The van der Waals surface area contributed by atoms with Gasteiger partial charge in [-0.3, -0.25) is 19.1 Å². The summed E-state index contributed by atoms with van der Waals surface area (Å²) < 4.78 is 16.7. The Morgan fingerprint density at radius 2 is 1.92 bits per heavy atom. The van der Waals surface area contributed by atoms with Crippen LogP contribution in [0.3, 0.4) is 0 Å². The zero-order chi connectivity index (χ0) is 26.7. The van der Waals surface area contributed by atoms with Gasteiger partial charge in [0.05, 0.1) is 6.04 Å². The lowest BCUT2D eigenvalue weighted by atomic mass is 9.97. The normalized spacial score (nSPS) is 15.5. The van der Waals surface area contributed by atoms with Crippen LogP contribution in [0.1, 0.15) is 44.9 Å². The standard InChI is InChI=1S/C28H35FN6O2/c1-6-24(36)34-13-11-33(12-14-34)17-22-8-7-20(15-23(22)29)19(2)31-27-30-16-21-9-10-25(37)35(26(21)32-27)18-28(3,4)5/h6-10,15-16,19H,1,11-14,17-18H2,2-5H3,(H,30,31,32)/t19-/m0/s1. The third kappa shape index (κ3) is 6.40. The van der Waals surface area contributed by atoms with E-state index in [1.165, 1.54) is 12.1 Å². The van der Waals surface area contributed by atoms with Crippen molar-refractivity contribution in [2.45, 2.75) is 46.8 Å². The number of benzene rings is 1. The predicted octanol–water partition coefficient (Wildman–Crippen LogP) is 3.98. The second-order valence-corrected chi connectivity index (χ2v) is 10.8. The largest absolute Gasteiger partial charge is 0.348 e. The maximum absolute atomic E-state index is 15.0. The molecule has 1 atom stereocenters. The number of aromatic nitrogens is 3. The zero-order valence-electron chi connectivity index (χ0n) is 22.0. The van der Waals surface area contributed by atoms with Crippen molar-refractivity contribution in [1.29, 1.82) is 0 Å². The molecular formula is C28H35FN6O2. The predicted molar refractivity (Wildman–Crippen MR) is 144 cm³/mol. The summed E-state index contributed by atoms with van der Waals surface area (Å²) >= 11 is 0. The molecule has 37 heavy (non-hydrogen) atoms. The molecule has 1 aliphatic heterocycles. The molecule has 0 aliphatic carbocycles. The van der Waals surface area contributed by atoms with Crippen molar-refractivity contribution >= 4 is 22.9 Å². The quantitative estimate of drug-likeness (QED) is 0.488. The fourth-order valence-corrected chi connectivity index (χ4v) is 4.50. The average molecular weight is 507 g/mol. The highest BCUT2D eigenvalue weighted by Crippen LogP contribution is 2.23. The number of pyridine rings is 1. The van der Waals surface area contributed by atoms with E-state index in [0.717, 1.165) is 10.9 Å². The van der Waals surface area contributed by atoms with Crippen molar-refractivity contribution in [2.75, 3.05) is 31.5 Å². The zero-order valence-corrected chi connectivity index (χ0v) is 22.0. The van der Waals surface area contributed by atoms with E-state index in [9.17, 15) is 9.59 Å². The molecule has 3 heterocycles. The smallest absolute Gasteiger partial charge is 0.252 e. The van der Waals surface area contributed by atoms with Gasteiger partial charge in [-0.15, -0.1) is 0 Å². The lowest BCUT2D eigenvalue weighted by molar-refractivity contribution is -0.127. The minimum atomic E-state index is -0.269. The summed E-state index contributed by atoms with van der Waals surface area (Å²) in [5.74, 6) is 0.0448. The maximum atomic E-state index is 15.0. The molecule has 8 nitrogen and oxygen atoms in total. The summed E-state index contributed by atoms with van der Waals surface area (Å²) in [5, 5.41) is 4.03. The van der Waals surface area contributed by atoms with Crippen LogP contribution in [-0.4, -0.2) is 56.4 Å². The third-order valence-corrected chi connectivity index (χ3v) is 6.53. The van der Waals surface area contributed by atoms with Crippen molar-refractivity contribution in [3.05, 3.63) is 76.5 Å². The first-order valence-corrected chi connectivity index (χ1v) is 12.6. The molecule has 196 valence electrons. The van der Waals surface area contributed by atoms with Crippen molar-refractivity contribution in [3.8, 4) is 0 Å². The van der Waals surface area contributed by atoms with E-state index in [4.69, 9.17) is 0 Å². The van der Waals surface area contributed by atoms with Crippen LogP contribution in [0, 0.1) is 11.2 Å². The second kappa shape index (κ2) is 10.8. The lowest BCUT2D eigenvalue weighted by Gasteiger charge is -2.34. The number of anilines is 1. The van der Waals surface area contributed by atoms with Crippen LogP contribution < -0.4 is 10.9 Å². The lowest BCUT2D eigenvalue weighted by Crippen LogP contribution is -2.47. The van der Waals surface area contributed by atoms with Crippen molar-refractivity contribution < 1.29 is 9.18 Å². The van der Waals surface area contributed by atoms with Gasteiger partial charge < -0.3 is 10.2 Å². The molecule has 1 fully saturated rings. The van der Waals surface area contributed by atoms with Gasteiger partial charge in [-0.1, -0.05) is 39.5 Å². The molecular weight excluding hydrogens is 471 g/mol. The first-order chi connectivity index (χ1) is 17.5. The molecule has 0 spiro atoms. The summed E-state index contributed by atoms with van der Waals surface area (Å²) in [4.78, 5) is 37.3. The Bertz CT molecular complexity index is 1360. The van der Waals surface area contributed by atoms with Crippen LogP contribution in [0.25, 0.3) is 11.0 Å². The Morgan fingerprint density at radius 1 is 1.19 bits per heavy atom. The van der Waals surface area contributed by atoms with Gasteiger partial charge in [-0.2, -0.15) is 4.98 Å². The van der Waals surface area contributed by atoms with Gasteiger partial charge in [0.15, 0.2) is 0 Å². The molecule has 2 aromatic heterocycles. The van der Waals surface area contributed by atoms with E-state index in [-0.39, 0.29) is 28.7 Å². The van der Waals surface area contributed by atoms with Gasteiger partial charge in [0.25, 0.3) is 5.56 Å². The Kier molecular flexibility index (Phi) is 7.73. The van der Waals surface area contributed by atoms with E-state index in [1.807, 2.05) is 19.1 Å². The number of carbonyl (C=O) groups excluding carboxylic acids is 1. The van der Waals surface area contributed by atoms with E-state index in [0.29, 0.717) is 56.4 Å². The molecule has 0 radical (unpaired) electrons. The van der Waals surface area contributed by atoms with Crippen LogP contribution in [0.4, 0.5) is 10.3 Å². The molecule has 3 aromatic rings. The SMILES string of the molecule is C=CC(=O)N1CCN(Cc2ccc([C@H](C)Nc3ncc4ccc(=O)n(CC(C)(C)C)c4n3)cc2F)CC1. The van der Waals surface area contributed by atoms with Crippen molar-refractivity contribution in [2.24, 2.45) is 5.41 Å². The number of rotatable bonds is 7. The molecule has 0 unspecified atom stereocenters. The fourth-order valence-electron chi connectivity index (χ4n) is 4.50. The van der Waals surface area contributed by atoms with Crippen LogP contribution in [0.15, 0.2) is 54.0 Å². The summed E-state index contributed by atoms with van der Waals surface area (Å²) in [7, 11) is 0. The molecule has 1 aromatic carbocycles. The summed E-state index contributed by atoms with van der Waals surface area (Å²) in [6, 6.07) is 8.28. The van der Waals surface area contributed by atoms with Crippen molar-refractivity contribution in [3.63, 3.8) is 0 Å². The van der Waals surface area contributed by atoms with E-state index in [1.54, 1.807) is 27.8 Å². The first kappa shape index (κ1) is 26.5. The van der Waals surface area contributed by atoms with Crippen LogP contribution in [0.2, 0.25) is 0 Å². The number of amides is 1. The number of carbonyl (C=O) groups is 1. The maximum Gasteiger partial charge on any atom is 0.252 e. The van der Waals surface area contributed by atoms with E-state index in [2.05, 4.69) is 47.5 Å². The molecule has 9 heteroatoms. The molecule has 1 aliphatic rings. The minimum Gasteiger partial charge on any atom is -0.348 e. The van der Waals surface area contributed by atoms with Gasteiger partial charge in [-0.05, 0) is 36.1 Å². The van der Waals surface area contributed by atoms with Crippen LogP contribution in [0.5, 0.6) is 0 Å². The summed E-state index contributed by atoms with van der Waals surface area (Å²) in [6.07, 6.45) is 3.03. The number of hydrogen-bond acceptors (Lipinski definition) is 6. The summed E-state index contributed by atoms with van der Waals surface area (Å²) in [6.45, 7) is 15.3. The highest BCUT2D eigenvalue weighted by Gasteiger charge is 2.21. The number of halogens is 1. The average Bonchev–Trinajstić information content (AvgIpc) is 2.86. The van der Waals surface area contributed by atoms with Gasteiger partial charge >= 0.3 is 0 Å². The Balaban J connectivity index is 1.46. The monoisotopic (exact) mass is 506 g/mol. The highest BCUT2D eigenvalue weighted by atomic mass is 19.1. The third-order valence-electron chi connectivity index (χ3n) is 6.53. The molecule has 1 saturated heterocycles. The van der Waals surface area contributed by atoms with Gasteiger partial charge in [0.2, 0.25) is 11.9 Å². The number of fused-ring (bicyclic) bond motifs is 1. The Labute approximate surface area is 216 Å². The molecule has 1 N–H and O–H groups in total. The van der Waals surface area contributed by atoms with E-state index >= 15 is 4.39 Å². The van der Waals surface area contributed by atoms with Crippen LogP contribution >= 0.6 is 0 Å². The molecule has 0 bridgehead atoms. The first-order valence-electron chi connectivity index (χ1n) is 12.6. The molecule has 4 rings (SSSR count). The highest BCUT2D eigenvalue weighted by molar-refractivity contribution is 5.87. The Morgan fingerprint density at radius 3 is 2.57 bits per heavy atom. The van der Waals surface area contributed by atoms with Crippen LogP contribution in [-0.2, 0) is 17.9 Å². The topological polar surface area (TPSA) is 83.4 Å². The minimum absolute atomic E-state index is 0.0652. The second-order valence-electron chi connectivity index (χ2n) is 10.8. The molecule has 0 saturated carbocycles. The fraction of sp³-hybridized carbons (Fsp3) is 0.429. The molecule has 1 amide bonds. The van der Waals surface area contributed by atoms with Crippen molar-refractivity contribution in [1.82, 2.24) is 24.3 Å². The Hall–Kier alpha value is -3.59. The van der Waals surface area contributed by atoms with Gasteiger partial charge in [0, 0.05) is 62.5 Å². The van der Waals surface area contributed by atoms with Gasteiger partial charge in [-0.25, -0.2) is 9.37 Å². The summed E-state index contributed by atoms with van der Waals surface area (Å²) in [5.41, 5.74) is 1.76.